The van der Waals surface area contributed by atoms with Gasteiger partial charge in [-0.3, -0.25) is 4.79 Å². The quantitative estimate of drug-likeness (QED) is 0.856. The van der Waals surface area contributed by atoms with Crippen LogP contribution in [0.15, 0.2) is 18.2 Å². The Hall–Kier alpha value is -2.44. The van der Waals surface area contributed by atoms with Gasteiger partial charge in [0.2, 0.25) is 0 Å². The van der Waals surface area contributed by atoms with Crippen molar-refractivity contribution in [3.63, 3.8) is 0 Å². The first kappa shape index (κ1) is 15.9. The van der Waals surface area contributed by atoms with Gasteiger partial charge in [-0.15, -0.1) is 0 Å². The van der Waals surface area contributed by atoms with E-state index in [-0.39, 0.29) is 19.1 Å². The zero-order valence-electron chi connectivity index (χ0n) is 12.7. The highest BCUT2D eigenvalue weighted by molar-refractivity contribution is 5.77. The number of aliphatic carboxylic acids is 1. The third-order valence-corrected chi connectivity index (χ3v) is 3.74. The van der Waals surface area contributed by atoms with Crippen LogP contribution in [0.3, 0.4) is 0 Å². The second-order valence-electron chi connectivity index (χ2n) is 5.11. The summed E-state index contributed by atoms with van der Waals surface area (Å²) in [7, 11) is 3.13. The van der Waals surface area contributed by atoms with Crippen LogP contribution in [0.5, 0.6) is 11.5 Å². The summed E-state index contributed by atoms with van der Waals surface area (Å²) in [6.07, 6.45) is 0.491. The molecule has 7 heteroatoms. The van der Waals surface area contributed by atoms with Gasteiger partial charge in [-0.05, 0) is 24.6 Å². The summed E-state index contributed by atoms with van der Waals surface area (Å²) in [5.74, 6) is 0.00460. The maximum absolute atomic E-state index is 12.1. The summed E-state index contributed by atoms with van der Waals surface area (Å²) in [6.45, 7) is 0.988. The molecule has 0 spiro atoms. The molecule has 1 heterocycles. The predicted molar refractivity (Wildman–Crippen MR) is 79.1 cm³/mol. The molecule has 0 bridgehead atoms. The highest BCUT2D eigenvalue weighted by Crippen LogP contribution is 2.24. The maximum Gasteiger partial charge on any atom is 0.317 e. The van der Waals surface area contributed by atoms with E-state index in [1.807, 2.05) is 0 Å². The lowest BCUT2D eigenvalue weighted by molar-refractivity contribution is -0.141. The normalized spacial score (nSPS) is 17.2. The fourth-order valence-corrected chi connectivity index (χ4v) is 2.45. The monoisotopic (exact) mass is 308 g/mol. The summed E-state index contributed by atoms with van der Waals surface area (Å²) in [5, 5.41) is 11.7. The summed E-state index contributed by atoms with van der Waals surface area (Å²) >= 11 is 0. The lowest BCUT2D eigenvalue weighted by Gasteiger charge is -2.17. The molecular weight excluding hydrogens is 288 g/mol. The number of nitrogens with zero attached hydrogens (tertiary/aromatic N) is 1. The van der Waals surface area contributed by atoms with E-state index < -0.39 is 11.9 Å². The van der Waals surface area contributed by atoms with E-state index in [0.717, 1.165) is 5.56 Å². The SMILES string of the molecule is COc1ccc(OC)c(CNC(=O)N2CCC(C(=O)O)C2)c1. The molecule has 0 saturated carbocycles. The summed E-state index contributed by atoms with van der Waals surface area (Å²) in [6, 6.07) is 5.08. The van der Waals surface area contributed by atoms with E-state index in [9.17, 15) is 9.59 Å². The van der Waals surface area contributed by atoms with Crippen LogP contribution in [-0.2, 0) is 11.3 Å². The van der Waals surface area contributed by atoms with E-state index >= 15 is 0 Å². The molecule has 22 heavy (non-hydrogen) atoms. The number of methoxy groups -OCH3 is 2. The van der Waals surface area contributed by atoms with Gasteiger partial charge in [0.25, 0.3) is 0 Å². The second-order valence-corrected chi connectivity index (χ2v) is 5.11. The molecule has 1 aliphatic rings. The summed E-state index contributed by atoms with van der Waals surface area (Å²) < 4.78 is 10.4. The van der Waals surface area contributed by atoms with Crippen molar-refractivity contribution in [1.82, 2.24) is 10.2 Å². The van der Waals surface area contributed by atoms with Crippen LogP contribution in [0.2, 0.25) is 0 Å². The van der Waals surface area contributed by atoms with E-state index in [4.69, 9.17) is 14.6 Å². The van der Waals surface area contributed by atoms with Gasteiger partial charge in [0.05, 0.1) is 20.1 Å². The molecule has 120 valence electrons. The number of carbonyl (C=O) groups excluding carboxylic acids is 1. The van der Waals surface area contributed by atoms with E-state index in [0.29, 0.717) is 24.5 Å². The van der Waals surface area contributed by atoms with E-state index in [1.165, 1.54) is 4.90 Å². The molecule has 2 amide bonds. The lowest BCUT2D eigenvalue weighted by atomic mass is 10.1. The van der Waals surface area contributed by atoms with Crippen molar-refractivity contribution in [3.05, 3.63) is 23.8 Å². The topological polar surface area (TPSA) is 88.1 Å². The Labute approximate surface area is 128 Å². The fraction of sp³-hybridized carbons (Fsp3) is 0.467. The van der Waals surface area contributed by atoms with Gasteiger partial charge in [0, 0.05) is 25.2 Å². The molecule has 7 nitrogen and oxygen atoms in total. The zero-order chi connectivity index (χ0) is 16.1. The number of likely N-dealkylation sites (tertiary alicyclic amines) is 1. The average molecular weight is 308 g/mol. The molecule has 1 atom stereocenters. The van der Waals surface area contributed by atoms with Crippen LogP contribution < -0.4 is 14.8 Å². The number of carbonyl (C=O) groups is 2. The first-order valence-electron chi connectivity index (χ1n) is 7.01. The van der Waals surface area contributed by atoms with Gasteiger partial charge in [-0.1, -0.05) is 0 Å². The van der Waals surface area contributed by atoms with Crippen molar-refractivity contribution >= 4 is 12.0 Å². The molecular formula is C15H20N2O5. The molecule has 2 N–H and O–H groups in total. The van der Waals surface area contributed by atoms with Crippen LogP contribution in [0.4, 0.5) is 4.79 Å². The molecule has 1 fully saturated rings. The Morgan fingerprint density at radius 3 is 2.73 bits per heavy atom. The number of carboxylic acid groups (broad SMARTS) is 1. The second kappa shape index (κ2) is 7.02. The van der Waals surface area contributed by atoms with Crippen LogP contribution in [-0.4, -0.2) is 49.3 Å². The molecule has 0 aromatic heterocycles. The molecule has 1 unspecified atom stereocenters. The Bertz CT molecular complexity index is 561. The minimum absolute atomic E-state index is 0.246. The Balaban J connectivity index is 1.95. The zero-order valence-corrected chi connectivity index (χ0v) is 12.7. The highest BCUT2D eigenvalue weighted by atomic mass is 16.5. The van der Waals surface area contributed by atoms with Crippen LogP contribution in [0, 0.1) is 5.92 Å². The van der Waals surface area contributed by atoms with Crippen molar-refractivity contribution in [3.8, 4) is 11.5 Å². The third-order valence-electron chi connectivity index (χ3n) is 3.74. The minimum Gasteiger partial charge on any atom is -0.497 e. The molecule has 0 radical (unpaired) electrons. The van der Waals surface area contributed by atoms with Crippen LogP contribution in [0.1, 0.15) is 12.0 Å². The van der Waals surface area contributed by atoms with Crippen molar-refractivity contribution in [2.75, 3.05) is 27.3 Å². The van der Waals surface area contributed by atoms with E-state index in [2.05, 4.69) is 5.32 Å². The van der Waals surface area contributed by atoms with Crippen molar-refractivity contribution in [2.24, 2.45) is 5.92 Å². The lowest BCUT2D eigenvalue weighted by Crippen LogP contribution is -2.38. The minimum atomic E-state index is -0.857. The fourth-order valence-electron chi connectivity index (χ4n) is 2.45. The molecule has 0 aliphatic carbocycles. The number of hydrogen-bond donors (Lipinski definition) is 2. The van der Waals surface area contributed by atoms with Gasteiger partial charge >= 0.3 is 12.0 Å². The average Bonchev–Trinajstić information content (AvgIpc) is 3.02. The molecule has 1 aromatic carbocycles. The third kappa shape index (κ3) is 3.60. The molecule has 1 saturated heterocycles. The van der Waals surface area contributed by atoms with E-state index in [1.54, 1.807) is 32.4 Å². The van der Waals surface area contributed by atoms with Gasteiger partial charge in [-0.25, -0.2) is 4.79 Å². The maximum atomic E-state index is 12.1. The van der Waals surface area contributed by atoms with Gasteiger partial charge < -0.3 is 24.8 Å². The summed E-state index contributed by atoms with van der Waals surface area (Å²) in [4.78, 5) is 24.5. The van der Waals surface area contributed by atoms with Gasteiger partial charge in [0.15, 0.2) is 0 Å². The standard InChI is InChI=1S/C15H20N2O5/c1-21-12-3-4-13(22-2)11(7-12)8-16-15(20)17-6-5-10(9-17)14(18)19/h3-4,7,10H,5-6,8-9H2,1-2H3,(H,16,20)(H,18,19). The number of nitrogens with one attached hydrogen (secondary N) is 1. The first-order valence-corrected chi connectivity index (χ1v) is 7.01. The van der Waals surface area contributed by atoms with Crippen LogP contribution >= 0.6 is 0 Å². The first-order chi connectivity index (χ1) is 10.5. The van der Waals surface area contributed by atoms with Crippen LogP contribution in [0.25, 0.3) is 0 Å². The smallest absolute Gasteiger partial charge is 0.317 e. The highest BCUT2D eigenvalue weighted by Gasteiger charge is 2.30. The predicted octanol–water partition coefficient (Wildman–Crippen LogP) is 1.32. The number of rotatable bonds is 5. The number of ether oxygens (including phenoxy) is 2. The molecule has 2 rings (SSSR count). The van der Waals surface area contributed by atoms with Crippen molar-refractivity contribution in [1.29, 1.82) is 0 Å². The number of urea groups is 1. The number of amides is 2. The number of benzene rings is 1. The number of carboxylic acids is 1. The Morgan fingerprint density at radius 2 is 2.14 bits per heavy atom. The van der Waals surface area contributed by atoms with Gasteiger partial charge in [0.1, 0.15) is 11.5 Å². The van der Waals surface area contributed by atoms with Crippen molar-refractivity contribution in [2.45, 2.75) is 13.0 Å². The van der Waals surface area contributed by atoms with Gasteiger partial charge in [-0.2, -0.15) is 0 Å². The molecule has 1 aromatic rings. The molecule has 1 aliphatic heterocycles. The number of hydrogen-bond acceptors (Lipinski definition) is 4. The Morgan fingerprint density at radius 1 is 1.36 bits per heavy atom. The Kier molecular flexibility index (Phi) is 5.08. The largest absolute Gasteiger partial charge is 0.497 e. The summed E-state index contributed by atoms with van der Waals surface area (Å²) in [5.41, 5.74) is 0.796. The van der Waals surface area contributed by atoms with Crippen molar-refractivity contribution < 1.29 is 24.2 Å².